The smallest absolute Gasteiger partial charge is 0.408 e. The number of carbonyl (C=O) groups excluding carboxylic acids is 5. The predicted molar refractivity (Wildman–Crippen MR) is 157 cm³/mol. The van der Waals surface area contributed by atoms with Gasteiger partial charge in [-0.1, -0.05) is 80.6 Å². The van der Waals surface area contributed by atoms with Crippen molar-refractivity contribution >= 4 is 29.8 Å². The van der Waals surface area contributed by atoms with Crippen LogP contribution in [0.15, 0.2) is 72.8 Å². The molecule has 0 saturated heterocycles. The summed E-state index contributed by atoms with van der Waals surface area (Å²) in [5.41, 5.74) is 6.86. The lowest BCUT2D eigenvalue weighted by Crippen LogP contribution is -2.55. The molecule has 4 amide bonds. The molecule has 11 heteroatoms. The molecule has 2 aromatic carbocycles. The molecule has 0 aromatic heterocycles. The zero-order valence-electron chi connectivity index (χ0n) is 24.2. The van der Waals surface area contributed by atoms with Gasteiger partial charge in [0, 0.05) is 25.0 Å². The second-order valence-corrected chi connectivity index (χ2v) is 10.1. The van der Waals surface area contributed by atoms with E-state index in [1.165, 1.54) is 13.2 Å². The van der Waals surface area contributed by atoms with Crippen LogP contribution in [0.2, 0.25) is 0 Å². The van der Waals surface area contributed by atoms with Crippen LogP contribution in [0.5, 0.6) is 0 Å². The van der Waals surface area contributed by atoms with E-state index in [4.69, 9.17) is 10.5 Å². The highest BCUT2D eigenvalue weighted by atomic mass is 16.5. The Balaban J connectivity index is 2.20. The highest BCUT2D eigenvalue weighted by molar-refractivity contribution is 5.92. The zero-order chi connectivity index (χ0) is 30.9. The summed E-state index contributed by atoms with van der Waals surface area (Å²) < 4.78 is 9.91. The summed E-state index contributed by atoms with van der Waals surface area (Å²) in [5, 5.41) is 8.16. The molecule has 5 N–H and O–H groups in total. The van der Waals surface area contributed by atoms with E-state index in [9.17, 15) is 24.0 Å². The molecule has 0 fully saturated rings. The van der Waals surface area contributed by atoms with Gasteiger partial charge < -0.3 is 31.2 Å². The summed E-state index contributed by atoms with van der Waals surface area (Å²) in [4.78, 5) is 62.5. The number of esters is 1. The molecule has 0 aliphatic rings. The van der Waals surface area contributed by atoms with Crippen LogP contribution in [0, 0.1) is 5.92 Å². The van der Waals surface area contributed by atoms with Crippen molar-refractivity contribution < 1.29 is 33.4 Å². The number of nitrogens with two attached hydrogens (primary N) is 1. The minimum atomic E-state index is -1.04. The van der Waals surface area contributed by atoms with Crippen LogP contribution >= 0.6 is 0 Å². The van der Waals surface area contributed by atoms with Gasteiger partial charge in [0.05, 0.1) is 7.11 Å². The van der Waals surface area contributed by atoms with Gasteiger partial charge in [-0.3, -0.25) is 14.4 Å². The third-order valence-electron chi connectivity index (χ3n) is 6.14. The zero-order valence-corrected chi connectivity index (χ0v) is 24.2. The van der Waals surface area contributed by atoms with Crippen LogP contribution in [-0.4, -0.2) is 55.0 Å². The fourth-order valence-electron chi connectivity index (χ4n) is 4.00. The molecule has 42 heavy (non-hydrogen) atoms. The third kappa shape index (κ3) is 13.1. The van der Waals surface area contributed by atoms with Gasteiger partial charge in [-0.25, -0.2) is 9.59 Å². The SMILES string of the molecule is COC(=O)/C=C\[C@H](CCC(N)=O)NC(=O)[C@H](Cc1ccccc1)NC(=O)[C@H](CC(C)C)NC(=O)OCc1ccccc1. The van der Waals surface area contributed by atoms with E-state index in [1.807, 2.05) is 74.5 Å². The maximum absolute atomic E-state index is 13.5. The van der Waals surface area contributed by atoms with Crippen LogP contribution in [0.1, 0.15) is 44.2 Å². The average Bonchev–Trinajstić information content (AvgIpc) is 2.97. The molecule has 2 rings (SSSR count). The number of primary amides is 1. The van der Waals surface area contributed by atoms with Gasteiger partial charge in [-0.2, -0.15) is 0 Å². The summed E-state index contributed by atoms with van der Waals surface area (Å²) >= 11 is 0. The fraction of sp³-hybridized carbons (Fsp3) is 0.387. The van der Waals surface area contributed by atoms with Crippen LogP contribution < -0.4 is 21.7 Å². The van der Waals surface area contributed by atoms with Crippen molar-refractivity contribution in [3.63, 3.8) is 0 Å². The number of methoxy groups -OCH3 is 1. The summed E-state index contributed by atoms with van der Waals surface area (Å²) in [6.45, 7) is 3.85. The molecular formula is C31H40N4O7. The lowest BCUT2D eigenvalue weighted by Gasteiger charge is -2.25. The monoisotopic (exact) mass is 580 g/mol. The van der Waals surface area contributed by atoms with E-state index < -0.39 is 47.9 Å². The molecule has 0 heterocycles. The Morgan fingerprint density at radius 1 is 0.833 bits per heavy atom. The second kappa shape index (κ2) is 17.9. The van der Waals surface area contributed by atoms with Gasteiger partial charge in [0.2, 0.25) is 17.7 Å². The number of rotatable bonds is 16. The molecule has 11 nitrogen and oxygen atoms in total. The number of hydrogen-bond acceptors (Lipinski definition) is 7. The van der Waals surface area contributed by atoms with Crippen molar-refractivity contribution in [2.24, 2.45) is 11.7 Å². The minimum Gasteiger partial charge on any atom is -0.466 e. The molecule has 0 unspecified atom stereocenters. The standard InChI is InChI=1S/C31H40N4O7/c1-21(2)18-25(35-31(40)42-20-23-12-8-5-9-13-23)30(39)34-26(19-22-10-6-4-7-11-22)29(38)33-24(14-16-27(32)36)15-17-28(37)41-3/h4-13,15,17,21,24-26H,14,16,18-20H2,1-3H3,(H2,32,36)(H,33,38)(H,34,39)(H,35,40)/b17-15-/t24-,25-,26-/m0/s1. The van der Waals surface area contributed by atoms with Crippen molar-refractivity contribution in [3.05, 3.63) is 83.9 Å². The first-order chi connectivity index (χ1) is 20.1. The Kier molecular flexibility index (Phi) is 14.3. The Morgan fingerprint density at radius 3 is 2.00 bits per heavy atom. The Labute approximate surface area is 246 Å². The van der Waals surface area contributed by atoms with Crippen LogP contribution in [0.25, 0.3) is 0 Å². The van der Waals surface area contributed by atoms with Crippen molar-refractivity contribution in [2.45, 2.75) is 64.3 Å². The highest BCUT2D eigenvalue weighted by Crippen LogP contribution is 2.10. The molecule has 226 valence electrons. The molecule has 0 spiro atoms. The summed E-state index contributed by atoms with van der Waals surface area (Å²) in [6.07, 6.45) is 2.32. The van der Waals surface area contributed by atoms with E-state index in [0.717, 1.165) is 17.2 Å². The number of benzene rings is 2. The first-order valence-corrected chi connectivity index (χ1v) is 13.7. The topological polar surface area (TPSA) is 166 Å². The molecule has 0 aliphatic heterocycles. The van der Waals surface area contributed by atoms with Crippen molar-refractivity contribution in [1.82, 2.24) is 16.0 Å². The van der Waals surface area contributed by atoms with Crippen molar-refractivity contribution in [1.29, 1.82) is 0 Å². The quantitative estimate of drug-likeness (QED) is 0.175. The van der Waals surface area contributed by atoms with Gasteiger partial charge in [0.15, 0.2) is 0 Å². The van der Waals surface area contributed by atoms with E-state index in [-0.39, 0.29) is 31.8 Å². The molecular weight excluding hydrogens is 540 g/mol. The van der Waals surface area contributed by atoms with E-state index in [0.29, 0.717) is 6.42 Å². The molecule has 0 aliphatic carbocycles. The summed E-state index contributed by atoms with van der Waals surface area (Å²) in [7, 11) is 1.22. The average molecular weight is 581 g/mol. The van der Waals surface area contributed by atoms with Crippen molar-refractivity contribution in [3.8, 4) is 0 Å². The fourth-order valence-corrected chi connectivity index (χ4v) is 4.00. The molecule has 0 bridgehead atoms. The number of alkyl carbamates (subject to hydrolysis) is 1. The maximum atomic E-state index is 13.5. The van der Waals surface area contributed by atoms with Crippen LogP contribution in [-0.2, 0) is 41.7 Å². The Hall–Kier alpha value is -4.67. The summed E-state index contributed by atoms with van der Waals surface area (Å²) in [6, 6.07) is 15.5. The molecule has 3 atom stereocenters. The largest absolute Gasteiger partial charge is 0.466 e. The number of nitrogens with one attached hydrogen (secondary N) is 3. The van der Waals surface area contributed by atoms with E-state index in [2.05, 4.69) is 20.7 Å². The van der Waals surface area contributed by atoms with Gasteiger partial charge in [-0.05, 0) is 29.9 Å². The van der Waals surface area contributed by atoms with E-state index >= 15 is 0 Å². The lowest BCUT2D eigenvalue weighted by atomic mass is 10.0. The first kappa shape index (κ1) is 33.5. The van der Waals surface area contributed by atoms with Crippen LogP contribution in [0.3, 0.4) is 0 Å². The third-order valence-corrected chi connectivity index (χ3v) is 6.14. The number of carbonyl (C=O) groups is 5. The second-order valence-electron chi connectivity index (χ2n) is 10.1. The van der Waals surface area contributed by atoms with Gasteiger partial charge in [0.1, 0.15) is 18.7 Å². The molecule has 0 saturated carbocycles. The van der Waals surface area contributed by atoms with Gasteiger partial charge in [-0.15, -0.1) is 0 Å². The maximum Gasteiger partial charge on any atom is 0.408 e. The molecule has 0 radical (unpaired) electrons. The molecule has 2 aromatic rings. The Morgan fingerprint density at radius 2 is 1.43 bits per heavy atom. The van der Waals surface area contributed by atoms with Crippen LogP contribution in [0.4, 0.5) is 4.79 Å². The van der Waals surface area contributed by atoms with Crippen molar-refractivity contribution in [2.75, 3.05) is 7.11 Å². The summed E-state index contributed by atoms with van der Waals surface area (Å²) in [5.74, 6) is -2.28. The number of amides is 4. The Bertz CT molecular complexity index is 1200. The minimum absolute atomic E-state index is 0.0352. The van der Waals surface area contributed by atoms with Gasteiger partial charge >= 0.3 is 12.1 Å². The van der Waals surface area contributed by atoms with Gasteiger partial charge in [0.25, 0.3) is 0 Å². The van der Waals surface area contributed by atoms with E-state index in [1.54, 1.807) is 0 Å². The number of ether oxygens (including phenoxy) is 2. The lowest BCUT2D eigenvalue weighted by molar-refractivity contribution is -0.135. The number of hydrogen-bond donors (Lipinski definition) is 4. The normalized spacial score (nSPS) is 13.0. The highest BCUT2D eigenvalue weighted by Gasteiger charge is 2.29. The first-order valence-electron chi connectivity index (χ1n) is 13.7. The predicted octanol–water partition coefficient (Wildman–Crippen LogP) is 2.53.